The summed E-state index contributed by atoms with van der Waals surface area (Å²) in [5.41, 5.74) is 0. The Hall–Kier alpha value is -0.380. The fourth-order valence-electron chi connectivity index (χ4n) is 1.31. The van der Waals surface area contributed by atoms with Gasteiger partial charge in [-0.25, -0.2) is 0 Å². The minimum absolute atomic E-state index is 0.643. The van der Waals surface area contributed by atoms with Crippen LogP contribution in [0.5, 0.6) is 0 Å². The third-order valence-electron chi connectivity index (χ3n) is 2.65. The average Bonchev–Trinajstić information content (AvgIpc) is 2.69. The number of hydrogen-bond acceptors (Lipinski definition) is 3. The summed E-state index contributed by atoms with van der Waals surface area (Å²) in [6.45, 7) is 7.76. The van der Waals surface area contributed by atoms with Crippen molar-refractivity contribution in [2.24, 2.45) is 0 Å². The van der Waals surface area contributed by atoms with Gasteiger partial charge in [0.2, 0.25) is 0 Å². The number of thiophene rings is 1. The van der Waals surface area contributed by atoms with Crippen LogP contribution in [0.15, 0.2) is 17.5 Å². The zero-order valence-corrected chi connectivity index (χ0v) is 10.8. The lowest BCUT2D eigenvalue weighted by Gasteiger charge is -2.20. The van der Waals surface area contributed by atoms with Gasteiger partial charge < -0.3 is 10.2 Å². The lowest BCUT2D eigenvalue weighted by molar-refractivity contribution is 0.274. The molecule has 0 spiro atoms. The van der Waals surface area contributed by atoms with Crippen LogP contribution in [-0.4, -0.2) is 37.6 Å². The summed E-state index contributed by atoms with van der Waals surface area (Å²) in [7, 11) is 2.17. The van der Waals surface area contributed by atoms with Crippen molar-refractivity contribution < 1.29 is 0 Å². The first-order chi connectivity index (χ1) is 7.20. The summed E-state index contributed by atoms with van der Waals surface area (Å²) in [5.74, 6) is 0. The average molecular weight is 226 g/mol. The van der Waals surface area contributed by atoms with Crippen molar-refractivity contribution in [1.82, 2.24) is 10.2 Å². The van der Waals surface area contributed by atoms with Crippen LogP contribution in [0.3, 0.4) is 0 Å². The van der Waals surface area contributed by atoms with E-state index < -0.39 is 0 Å². The number of nitrogens with one attached hydrogen (secondary N) is 1. The van der Waals surface area contributed by atoms with E-state index in [9.17, 15) is 0 Å². The SMILES string of the molecule is CC(C)N(C)CCNCCc1cccs1. The van der Waals surface area contributed by atoms with Gasteiger partial charge in [0.05, 0.1) is 0 Å². The van der Waals surface area contributed by atoms with Crippen LogP contribution in [0.1, 0.15) is 18.7 Å². The second-order valence-corrected chi connectivity index (χ2v) is 5.19. The molecule has 3 heteroatoms. The lowest BCUT2D eigenvalue weighted by Crippen LogP contribution is -2.34. The molecule has 0 amide bonds. The van der Waals surface area contributed by atoms with Gasteiger partial charge >= 0.3 is 0 Å². The predicted molar refractivity (Wildman–Crippen MR) is 68.7 cm³/mol. The molecule has 0 unspecified atom stereocenters. The maximum absolute atomic E-state index is 3.47. The molecule has 1 aromatic heterocycles. The zero-order valence-electron chi connectivity index (χ0n) is 9.99. The molecular formula is C12H22N2S. The molecule has 0 radical (unpaired) electrons. The molecule has 2 nitrogen and oxygen atoms in total. The van der Waals surface area contributed by atoms with Gasteiger partial charge in [-0.1, -0.05) is 6.07 Å². The summed E-state index contributed by atoms with van der Waals surface area (Å²) in [6.07, 6.45) is 1.16. The first-order valence-electron chi connectivity index (χ1n) is 5.63. The third-order valence-corrected chi connectivity index (χ3v) is 3.59. The molecular weight excluding hydrogens is 204 g/mol. The van der Waals surface area contributed by atoms with Gasteiger partial charge in [0, 0.05) is 30.6 Å². The molecule has 15 heavy (non-hydrogen) atoms. The van der Waals surface area contributed by atoms with E-state index in [1.165, 1.54) is 4.88 Å². The van der Waals surface area contributed by atoms with Crippen LogP contribution >= 0.6 is 11.3 Å². The van der Waals surface area contributed by atoms with Crippen LogP contribution in [-0.2, 0) is 6.42 Å². The zero-order chi connectivity index (χ0) is 11.1. The van der Waals surface area contributed by atoms with E-state index in [-0.39, 0.29) is 0 Å². The molecule has 1 N–H and O–H groups in total. The van der Waals surface area contributed by atoms with Gasteiger partial charge in [-0.05, 0) is 38.8 Å². The molecule has 1 rings (SSSR count). The van der Waals surface area contributed by atoms with E-state index in [1.54, 1.807) is 0 Å². The summed E-state index contributed by atoms with van der Waals surface area (Å²) in [4.78, 5) is 3.83. The molecule has 0 fully saturated rings. The Morgan fingerprint density at radius 1 is 1.40 bits per heavy atom. The molecule has 0 bridgehead atoms. The van der Waals surface area contributed by atoms with Crippen molar-refractivity contribution in [3.05, 3.63) is 22.4 Å². The predicted octanol–water partition coefficient (Wildman–Crippen LogP) is 2.22. The van der Waals surface area contributed by atoms with Crippen LogP contribution in [0, 0.1) is 0 Å². The summed E-state index contributed by atoms with van der Waals surface area (Å²) >= 11 is 1.84. The van der Waals surface area contributed by atoms with Gasteiger partial charge in [-0.2, -0.15) is 0 Å². The normalized spacial score (nSPS) is 11.5. The first-order valence-corrected chi connectivity index (χ1v) is 6.51. The highest BCUT2D eigenvalue weighted by molar-refractivity contribution is 7.09. The summed E-state index contributed by atoms with van der Waals surface area (Å²) < 4.78 is 0. The largest absolute Gasteiger partial charge is 0.315 e. The van der Waals surface area contributed by atoms with Crippen molar-refractivity contribution in [2.45, 2.75) is 26.3 Å². The van der Waals surface area contributed by atoms with Crippen molar-refractivity contribution in [3.8, 4) is 0 Å². The van der Waals surface area contributed by atoms with Gasteiger partial charge in [-0.3, -0.25) is 0 Å². The quantitative estimate of drug-likeness (QED) is 0.717. The van der Waals surface area contributed by atoms with Gasteiger partial charge in [0.25, 0.3) is 0 Å². The second kappa shape index (κ2) is 6.99. The smallest absolute Gasteiger partial charge is 0.0106 e. The molecule has 0 aliphatic heterocycles. The molecule has 0 saturated carbocycles. The first kappa shape index (κ1) is 12.7. The van der Waals surface area contributed by atoms with Gasteiger partial charge in [0.1, 0.15) is 0 Å². The molecule has 0 aliphatic rings. The van der Waals surface area contributed by atoms with E-state index in [2.05, 4.69) is 48.6 Å². The van der Waals surface area contributed by atoms with Crippen molar-refractivity contribution in [2.75, 3.05) is 26.7 Å². The Labute approximate surface area is 97.3 Å². The van der Waals surface area contributed by atoms with Crippen LogP contribution in [0.4, 0.5) is 0 Å². The van der Waals surface area contributed by atoms with Crippen molar-refractivity contribution >= 4 is 11.3 Å². The molecule has 0 atom stereocenters. The van der Waals surface area contributed by atoms with Crippen LogP contribution in [0.2, 0.25) is 0 Å². The molecule has 1 heterocycles. The second-order valence-electron chi connectivity index (χ2n) is 4.15. The van der Waals surface area contributed by atoms with Gasteiger partial charge in [-0.15, -0.1) is 11.3 Å². The Morgan fingerprint density at radius 3 is 2.80 bits per heavy atom. The maximum atomic E-state index is 3.47. The van der Waals surface area contributed by atoms with Crippen molar-refractivity contribution in [3.63, 3.8) is 0 Å². The maximum Gasteiger partial charge on any atom is 0.0106 e. The molecule has 0 saturated heterocycles. The van der Waals surface area contributed by atoms with Gasteiger partial charge in [0.15, 0.2) is 0 Å². The number of likely N-dealkylation sites (N-methyl/N-ethyl adjacent to an activating group) is 1. The van der Waals surface area contributed by atoms with E-state index in [0.29, 0.717) is 6.04 Å². The van der Waals surface area contributed by atoms with E-state index in [1.807, 2.05) is 11.3 Å². The van der Waals surface area contributed by atoms with Crippen LogP contribution < -0.4 is 5.32 Å². The number of nitrogens with zero attached hydrogens (tertiary/aromatic N) is 1. The minimum atomic E-state index is 0.643. The Bertz CT molecular complexity index is 244. The molecule has 0 aromatic carbocycles. The topological polar surface area (TPSA) is 15.3 Å². The fraction of sp³-hybridized carbons (Fsp3) is 0.667. The summed E-state index contributed by atoms with van der Waals surface area (Å²) in [6, 6.07) is 4.96. The minimum Gasteiger partial charge on any atom is -0.315 e. The van der Waals surface area contributed by atoms with E-state index >= 15 is 0 Å². The Balaban J connectivity index is 1.98. The Kier molecular flexibility index (Phi) is 5.91. The number of rotatable bonds is 7. The van der Waals surface area contributed by atoms with Crippen molar-refractivity contribution in [1.29, 1.82) is 0 Å². The molecule has 86 valence electrons. The standard InChI is InChI=1S/C12H22N2S/c1-11(2)14(3)9-8-13-7-6-12-5-4-10-15-12/h4-5,10-11,13H,6-9H2,1-3H3. The molecule has 0 aliphatic carbocycles. The van der Waals surface area contributed by atoms with Crippen LogP contribution in [0.25, 0.3) is 0 Å². The third kappa shape index (κ3) is 5.30. The molecule has 1 aromatic rings. The van der Waals surface area contributed by atoms with E-state index in [0.717, 1.165) is 26.1 Å². The number of hydrogen-bond donors (Lipinski definition) is 1. The van der Waals surface area contributed by atoms with E-state index in [4.69, 9.17) is 0 Å². The highest BCUT2D eigenvalue weighted by Crippen LogP contribution is 2.07. The summed E-state index contributed by atoms with van der Waals surface area (Å²) in [5, 5.41) is 5.62. The fourth-order valence-corrected chi connectivity index (χ4v) is 2.01. The monoisotopic (exact) mass is 226 g/mol. The lowest BCUT2D eigenvalue weighted by atomic mass is 10.3. The highest BCUT2D eigenvalue weighted by Gasteiger charge is 2.01. The highest BCUT2D eigenvalue weighted by atomic mass is 32.1. The Morgan fingerprint density at radius 2 is 2.20 bits per heavy atom.